The molecule has 1 saturated heterocycles. The van der Waals surface area contributed by atoms with Crippen LogP contribution >= 0.6 is 0 Å². The van der Waals surface area contributed by atoms with E-state index in [-0.39, 0.29) is 17.2 Å². The summed E-state index contributed by atoms with van der Waals surface area (Å²) in [6.07, 6.45) is 3.09. The summed E-state index contributed by atoms with van der Waals surface area (Å²) in [5, 5.41) is 0. The molecule has 0 amide bonds. The third kappa shape index (κ3) is 3.45. The summed E-state index contributed by atoms with van der Waals surface area (Å²) in [6, 6.07) is 7.22. The standard InChI is InChI=1S/C17H19FN2O4S/c1-24-15-7-6-13(11-14(15)18)12-19-8-4-5-16(17(19)21)25(22,23)20-9-2-3-10-20/h4-8,11H,2-3,9-10,12H2,1H3. The fourth-order valence-corrected chi connectivity index (χ4v) is 4.51. The van der Waals surface area contributed by atoms with E-state index in [9.17, 15) is 17.6 Å². The molecule has 0 unspecified atom stereocenters. The van der Waals surface area contributed by atoms with Crippen molar-refractivity contribution in [3.8, 4) is 5.75 Å². The third-order valence-electron chi connectivity index (χ3n) is 4.24. The number of hydrogen-bond acceptors (Lipinski definition) is 4. The minimum atomic E-state index is -3.80. The number of hydrogen-bond donors (Lipinski definition) is 0. The van der Waals surface area contributed by atoms with Crippen LogP contribution in [0.5, 0.6) is 5.75 Å². The minimum absolute atomic E-state index is 0.0725. The van der Waals surface area contributed by atoms with Crippen LogP contribution in [0.3, 0.4) is 0 Å². The van der Waals surface area contributed by atoms with E-state index in [2.05, 4.69) is 0 Å². The number of methoxy groups -OCH3 is 1. The summed E-state index contributed by atoms with van der Waals surface area (Å²) in [6.45, 7) is 0.934. The highest BCUT2D eigenvalue weighted by atomic mass is 32.2. The summed E-state index contributed by atoms with van der Waals surface area (Å²) >= 11 is 0. The van der Waals surface area contributed by atoms with E-state index in [1.165, 1.54) is 46.4 Å². The quantitative estimate of drug-likeness (QED) is 0.810. The van der Waals surface area contributed by atoms with E-state index in [4.69, 9.17) is 4.74 Å². The van der Waals surface area contributed by atoms with Gasteiger partial charge in [0.15, 0.2) is 11.6 Å². The van der Waals surface area contributed by atoms with Gasteiger partial charge in [0.1, 0.15) is 4.90 Å². The molecule has 0 spiro atoms. The van der Waals surface area contributed by atoms with Crippen LogP contribution in [-0.2, 0) is 16.6 Å². The first-order valence-electron chi connectivity index (χ1n) is 7.95. The van der Waals surface area contributed by atoms with Crippen LogP contribution < -0.4 is 10.3 Å². The molecule has 1 aliphatic heterocycles. The number of halogens is 1. The molecule has 1 aromatic carbocycles. The maximum atomic E-state index is 13.8. The third-order valence-corrected chi connectivity index (χ3v) is 6.15. The number of sulfonamides is 1. The zero-order valence-electron chi connectivity index (χ0n) is 13.8. The number of nitrogens with zero attached hydrogens (tertiary/aromatic N) is 2. The molecule has 6 nitrogen and oxygen atoms in total. The van der Waals surface area contributed by atoms with E-state index in [0.717, 1.165) is 12.8 Å². The van der Waals surface area contributed by atoms with E-state index < -0.39 is 21.4 Å². The van der Waals surface area contributed by atoms with Crippen molar-refractivity contribution in [2.75, 3.05) is 20.2 Å². The Bertz CT molecular complexity index is 934. The Morgan fingerprint density at radius 2 is 1.92 bits per heavy atom. The van der Waals surface area contributed by atoms with Gasteiger partial charge < -0.3 is 9.30 Å². The van der Waals surface area contributed by atoms with Gasteiger partial charge >= 0.3 is 0 Å². The minimum Gasteiger partial charge on any atom is -0.494 e. The van der Waals surface area contributed by atoms with Crippen LogP contribution in [-0.4, -0.2) is 37.5 Å². The van der Waals surface area contributed by atoms with Gasteiger partial charge in [-0.3, -0.25) is 4.79 Å². The number of pyridine rings is 1. The lowest BCUT2D eigenvalue weighted by Crippen LogP contribution is -2.34. The summed E-state index contributed by atoms with van der Waals surface area (Å²) in [5.74, 6) is -0.421. The molecule has 134 valence electrons. The van der Waals surface area contributed by atoms with Gasteiger partial charge in [0.05, 0.1) is 13.7 Å². The van der Waals surface area contributed by atoms with Crippen LogP contribution in [0.4, 0.5) is 4.39 Å². The van der Waals surface area contributed by atoms with Gasteiger partial charge in [0.2, 0.25) is 10.0 Å². The number of aromatic nitrogens is 1. The van der Waals surface area contributed by atoms with Gasteiger partial charge in [-0.05, 0) is 42.7 Å². The first kappa shape index (κ1) is 17.6. The second kappa shape index (κ2) is 6.97. The van der Waals surface area contributed by atoms with Crippen LogP contribution in [0.25, 0.3) is 0 Å². The Kier molecular flexibility index (Phi) is 4.91. The normalized spacial score (nSPS) is 15.4. The van der Waals surface area contributed by atoms with E-state index in [1.54, 1.807) is 6.07 Å². The fraction of sp³-hybridized carbons (Fsp3) is 0.353. The summed E-state index contributed by atoms with van der Waals surface area (Å²) in [5.41, 5.74) is -0.0678. The van der Waals surface area contributed by atoms with Crippen molar-refractivity contribution in [2.45, 2.75) is 24.3 Å². The lowest BCUT2D eigenvalue weighted by Gasteiger charge is -2.16. The molecule has 0 radical (unpaired) electrons. The van der Waals surface area contributed by atoms with Crippen molar-refractivity contribution in [1.29, 1.82) is 0 Å². The molecule has 25 heavy (non-hydrogen) atoms. The maximum Gasteiger partial charge on any atom is 0.271 e. The van der Waals surface area contributed by atoms with Gasteiger partial charge in [0, 0.05) is 19.3 Å². The van der Waals surface area contributed by atoms with Gasteiger partial charge in [0.25, 0.3) is 5.56 Å². The monoisotopic (exact) mass is 366 g/mol. The van der Waals surface area contributed by atoms with Crippen molar-refractivity contribution in [3.05, 3.63) is 58.3 Å². The summed E-state index contributed by atoms with van der Waals surface area (Å²) < 4.78 is 46.5. The highest BCUT2D eigenvalue weighted by Crippen LogP contribution is 2.20. The SMILES string of the molecule is COc1ccc(Cn2cccc(S(=O)(=O)N3CCCC3)c2=O)cc1F. The smallest absolute Gasteiger partial charge is 0.271 e. The number of rotatable bonds is 5. The topological polar surface area (TPSA) is 68.6 Å². The molecule has 1 fully saturated rings. The molecule has 2 heterocycles. The largest absolute Gasteiger partial charge is 0.494 e. The van der Waals surface area contributed by atoms with E-state index in [0.29, 0.717) is 18.7 Å². The highest BCUT2D eigenvalue weighted by Gasteiger charge is 2.29. The Balaban J connectivity index is 1.94. The van der Waals surface area contributed by atoms with Crippen LogP contribution in [0.2, 0.25) is 0 Å². The average molecular weight is 366 g/mol. The molecule has 3 rings (SSSR count). The second-order valence-electron chi connectivity index (χ2n) is 5.89. The molecular formula is C17H19FN2O4S. The molecule has 1 aliphatic rings. The molecular weight excluding hydrogens is 347 g/mol. The Labute approximate surface area is 145 Å². The van der Waals surface area contributed by atoms with E-state index >= 15 is 0 Å². The fourth-order valence-electron chi connectivity index (χ4n) is 2.91. The zero-order valence-corrected chi connectivity index (χ0v) is 14.6. The second-order valence-corrected chi connectivity index (χ2v) is 7.79. The molecule has 0 aliphatic carbocycles. The number of ether oxygens (including phenoxy) is 1. The van der Waals surface area contributed by atoms with Crippen molar-refractivity contribution in [1.82, 2.24) is 8.87 Å². The molecule has 8 heteroatoms. The van der Waals surface area contributed by atoms with Gasteiger partial charge in [-0.25, -0.2) is 12.8 Å². The Hall–Kier alpha value is -2.19. The van der Waals surface area contributed by atoms with Gasteiger partial charge in [-0.15, -0.1) is 0 Å². The van der Waals surface area contributed by atoms with Gasteiger partial charge in [-0.2, -0.15) is 4.31 Å². The van der Waals surface area contributed by atoms with Crippen molar-refractivity contribution < 1.29 is 17.5 Å². The Morgan fingerprint density at radius 1 is 1.20 bits per heavy atom. The highest BCUT2D eigenvalue weighted by molar-refractivity contribution is 7.89. The predicted molar refractivity (Wildman–Crippen MR) is 90.7 cm³/mol. The van der Waals surface area contributed by atoms with Crippen molar-refractivity contribution >= 4 is 10.0 Å². The number of benzene rings is 1. The van der Waals surface area contributed by atoms with E-state index in [1.807, 2.05) is 0 Å². The molecule has 0 atom stereocenters. The summed E-state index contributed by atoms with van der Waals surface area (Å²) in [7, 11) is -2.43. The Morgan fingerprint density at radius 3 is 2.56 bits per heavy atom. The molecule has 0 saturated carbocycles. The lowest BCUT2D eigenvalue weighted by atomic mass is 10.2. The lowest BCUT2D eigenvalue weighted by molar-refractivity contribution is 0.386. The van der Waals surface area contributed by atoms with Crippen LogP contribution in [0, 0.1) is 5.82 Å². The van der Waals surface area contributed by atoms with Crippen LogP contribution in [0.15, 0.2) is 46.2 Å². The zero-order chi connectivity index (χ0) is 18.0. The van der Waals surface area contributed by atoms with Crippen molar-refractivity contribution in [3.63, 3.8) is 0 Å². The predicted octanol–water partition coefficient (Wildman–Crippen LogP) is 1.83. The first-order valence-corrected chi connectivity index (χ1v) is 9.39. The molecule has 2 aromatic rings. The molecule has 0 bridgehead atoms. The molecule has 1 aromatic heterocycles. The summed E-state index contributed by atoms with van der Waals surface area (Å²) in [4.78, 5) is 12.4. The van der Waals surface area contributed by atoms with Gasteiger partial charge in [-0.1, -0.05) is 6.07 Å². The molecule has 0 N–H and O–H groups in total. The maximum absolute atomic E-state index is 13.8. The first-order chi connectivity index (χ1) is 11.9. The van der Waals surface area contributed by atoms with Crippen LogP contribution in [0.1, 0.15) is 18.4 Å². The average Bonchev–Trinajstić information content (AvgIpc) is 3.12. The van der Waals surface area contributed by atoms with Crippen molar-refractivity contribution in [2.24, 2.45) is 0 Å².